The number of aromatic nitrogens is 3. The van der Waals surface area contributed by atoms with Crippen LogP contribution in [0.5, 0.6) is 0 Å². The van der Waals surface area contributed by atoms with E-state index < -0.39 is 5.67 Å². The van der Waals surface area contributed by atoms with Gasteiger partial charge in [0.15, 0.2) is 11.5 Å². The van der Waals surface area contributed by atoms with Crippen molar-refractivity contribution in [3.63, 3.8) is 0 Å². The number of amides is 1. The van der Waals surface area contributed by atoms with Crippen molar-refractivity contribution >= 4 is 5.91 Å². The van der Waals surface area contributed by atoms with Gasteiger partial charge in [-0.2, -0.15) is 4.98 Å². The first-order valence-electron chi connectivity index (χ1n) is 6.70. The average molecular weight is 294 g/mol. The molecule has 1 aliphatic rings. The smallest absolute Gasteiger partial charge is 0.276 e. The first-order chi connectivity index (χ1) is 9.98. The Morgan fingerprint density at radius 2 is 2.19 bits per heavy atom. The van der Waals surface area contributed by atoms with Gasteiger partial charge in [-0.05, 0) is 26.7 Å². The lowest BCUT2D eigenvalue weighted by atomic mass is 9.94. The molecule has 1 saturated heterocycles. The number of aryl methyl sites for hydroxylation is 2. The van der Waals surface area contributed by atoms with Crippen LogP contribution >= 0.6 is 0 Å². The highest BCUT2D eigenvalue weighted by molar-refractivity contribution is 5.92. The van der Waals surface area contributed by atoms with Gasteiger partial charge in [0.1, 0.15) is 5.76 Å². The highest BCUT2D eigenvalue weighted by Crippen LogP contribution is 2.35. The van der Waals surface area contributed by atoms with E-state index in [4.69, 9.17) is 9.05 Å². The maximum Gasteiger partial charge on any atom is 0.276 e. The summed E-state index contributed by atoms with van der Waals surface area (Å²) in [4.78, 5) is 17.7. The number of hydrogen-bond acceptors (Lipinski definition) is 6. The molecule has 0 aromatic carbocycles. The van der Waals surface area contributed by atoms with Crippen LogP contribution in [0.3, 0.4) is 0 Å². The predicted molar refractivity (Wildman–Crippen MR) is 68.2 cm³/mol. The standard InChI is InChI=1S/C13H15FN4O3/c1-8-6-10(17-20-8)11(19)18-5-3-4-13(14,7-18)12-15-9(2)16-21-12/h6H,3-5,7H2,1-2H3. The zero-order valence-corrected chi connectivity index (χ0v) is 11.8. The molecule has 1 unspecified atom stereocenters. The fourth-order valence-corrected chi connectivity index (χ4v) is 2.47. The number of hydrogen-bond donors (Lipinski definition) is 0. The Morgan fingerprint density at radius 3 is 2.81 bits per heavy atom. The van der Waals surface area contributed by atoms with Gasteiger partial charge >= 0.3 is 0 Å². The Morgan fingerprint density at radius 1 is 1.38 bits per heavy atom. The summed E-state index contributed by atoms with van der Waals surface area (Å²) >= 11 is 0. The predicted octanol–water partition coefficient (Wildman–Crippen LogP) is 1.78. The van der Waals surface area contributed by atoms with Crippen molar-refractivity contribution in [1.82, 2.24) is 20.2 Å². The lowest BCUT2D eigenvalue weighted by Gasteiger charge is -2.34. The lowest BCUT2D eigenvalue weighted by molar-refractivity contribution is 0.0147. The molecule has 0 saturated carbocycles. The zero-order chi connectivity index (χ0) is 15.0. The quantitative estimate of drug-likeness (QED) is 0.839. The maximum atomic E-state index is 15.0. The fourth-order valence-electron chi connectivity index (χ4n) is 2.47. The molecule has 7 nitrogen and oxygen atoms in total. The van der Waals surface area contributed by atoms with Crippen LogP contribution in [0.4, 0.5) is 4.39 Å². The highest BCUT2D eigenvalue weighted by atomic mass is 19.1. The lowest BCUT2D eigenvalue weighted by Crippen LogP contribution is -2.46. The summed E-state index contributed by atoms with van der Waals surface area (Å²) < 4.78 is 24.8. The summed E-state index contributed by atoms with van der Waals surface area (Å²) in [7, 11) is 0. The molecule has 0 radical (unpaired) electrons. The van der Waals surface area contributed by atoms with Crippen LogP contribution in [0.25, 0.3) is 0 Å². The van der Waals surface area contributed by atoms with Gasteiger partial charge in [-0.25, -0.2) is 4.39 Å². The number of alkyl halides is 1. The van der Waals surface area contributed by atoms with Crippen LogP contribution in [-0.2, 0) is 5.67 Å². The van der Waals surface area contributed by atoms with Gasteiger partial charge in [-0.15, -0.1) is 0 Å². The molecule has 2 aromatic heterocycles. The molecule has 112 valence electrons. The summed E-state index contributed by atoms with van der Waals surface area (Å²) in [5.41, 5.74) is -1.63. The molecule has 0 spiro atoms. The van der Waals surface area contributed by atoms with E-state index in [0.717, 1.165) is 0 Å². The van der Waals surface area contributed by atoms with Crippen LogP contribution in [0.1, 0.15) is 40.8 Å². The summed E-state index contributed by atoms with van der Waals surface area (Å²) in [5, 5.41) is 7.29. The van der Waals surface area contributed by atoms with Gasteiger partial charge in [0, 0.05) is 12.6 Å². The van der Waals surface area contributed by atoms with Crippen LogP contribution in [0, 0.1) is 13.8 Å². The molecule has 1 atom stereocenters. The third-order valence-electron chi connectivity index (χ3n) is 3.49. The monoisotopic (exact) mass is 294 g/mol. The number of carbonyl (C=O) groups excluding carboxylic acids is 1. The van der Waals surface area contributed by atoms with E-state index >= 15 is 4.39 Å². The number of carbonyl (C=O) groups is 1. The summed E-state index contributed by atoms with van der Waals surface area (Å²) in [6.45, 7) is 3.66. The first kappa shape index (κ1) is 13.7. The van der Waals surface area contributed by atoms with E-state index in [2.05, 4.69) is 15.3 Å². The molecular formula is C13H15FN4O3. The Hall–Kier alpha value is -2.25. The maximum absolute atomic E-state index is 15.0. The van der Waals surface area contributed by atoms with Gasteiger partial charge in [0.2, 0.25) is 5.67 Å². The van der Waals surface area contributed by atoms with E-state index in [9.17, 15) is 4.79 Å². The molecule has 1 amide bonds. The largest absolute Gasteiger partial charge is 0.361 e. The second kappa shape index (κ2) is 4.94. The molecule has 2 aromatic rings. The Bertz CT molecular complexity index is 668. The topological polar surface area (TPSA) is 85.3 Å². The Labute approximate surface area is 120 Å². The highest BCUT2D eigenvalue weighted by Gasteiger charge is 2.44. The van der Waals surface area contributed by atoms with Crippen molar-refractivity contribution in [2.24, 2.45) is 0 Å². The molecule has 1 fully saturated rings. The van der Waals surface area contributed by atoms with E-state index in [1.54, 1.807) is 13.8 Å². The summed E-state index contributed by atoms with van der Waals surface area (Å²) in [6, 6.07) is 1.54. The SMILES string of the molecule is Cc1noc(C2(F)CCCN(C(=O)c3cc(C)on3)C2)n1. The van der Waals surface area contributed by atoms with Gasteiger partial charge in [-0.1, -0.05) is 10.3 Å². The normalized spacial score (nSPS) is 22.5. The minimum atomic E-state index is -1.81. The molecule has 0 bridgehead atoms. The number of rotatable bonds is 2. The van der Waals surface area contributed by atoms with E-state index in [-0.39, 0.29) is 30.5 Å². The van der Waals surface area contributed by atoms with Gasteiger partial charge in [-0.3, -0.25) is 4.79 Å². The minimum absolute atomic E-state index is 0.0752. The average Bonchev–Trinajstić information content (AvgIpc) is 3.07. The third-order valence-corrected chi connectivity index (χ3v) is 3.49. The van der Waals surface area contributed by atoms with Crippen LogP contribution in [-0.4, -0.2) is 39.2 Å². The molecule has 1 aliphatic heterocycles. The summed E-state index contributed by atoms with van der Waals surface area (Å²) in [6.07, 6.45) is 0.761. The molecular weight excluding hydrogens is 279 g/mol. The first-order valence-corrected chi connectivity index (χ1v) is 6.70. The van der Waals surface area contributed by atoms with Crippen molar-refractivity contribution in [2.75, 3.05) is 13.1 Å². The van der Waals surface area contributed by atoms with Crippen LogP contribution < -0.4 is 0 Å². The molecule has 3 rings (SSSR count). The van der Waals surface area contributed by atoms with Crippen molar-refractivity contribution in [2.45, 2.75) is 32.4 Å². The second-order valence-corrected chi connectivity index (χ2v) is 5.27. The minimum Gasteiger partial charge on any atom is -0.361 e. The van der Waals surface area contributed by atoms with Crippen molar-refractivity contribution < 1.29 is 18.2 Å². The number of nitrogens with zero attached hydrogens (tertiary/aromatic N) is 4. The summed E-state index contributed by atoms with van der Waals surface area (Å²) in [5.74, 6) is 0.477. The zero-order valence-electron chi connectivity index (χ0n) is 11.8. The van der Waals surface area contributed by atoms with E-state index in [1.165, 1.54) is 11.0 Å². The van der Waals surface area contributed by atoms with Gasteiger partial charge < -0.3 is 13.9 Å². The van der Waals surface area contributed by atoms with Crippen molar-refractivity contribution in [1.29, 1.82) is 0 Å². The second-order valence-electron chi connectivity index (χ2n) is 5.27. The van der Waals surface area contributed by atoms with Gasteiger partial charge in [0.25, 0.3) is 11.8 Å². The molecule has 3 heterocycles. The Balaban J connectivity index is 1.81. The molecule has 21 heavy (non-hydrogen) atoms. The van der Waals surface area contributed by atoms with Crippen molar-refractivity contribution in [3.05, 3.63) is 29.2 Å². The van der Waals surface area contributed by atoms with Crippen molar-refractivity contribution in [3.8, 4) is 0 Å². The number of likely N-dealkylation sites (tertiary alicyclic amines) is 1. The van der Waals surface area contributed by atoms with E-state index in [0.29, 0.717) is 24.6 Å². The van der Waals surface area contributed by atoms with Crippen LogP contribution in [0.2, 0.25) is 0 Å². The Kier molecular flexibility index (Phi) is 3.23. The van der Waals surface area contributed by atoms with Crippen LogP contribution in [0.15, 0.2) is 15.1 Å². The fraction of sp³-hybridized carbons (Fsp3) is 0.538. The molecule has 0 aliphatic carbocycles. The van der Waals surface area contributed by atoms with Gasteiger partial charge in [0.05, 0.1) is 6.54 Å². The molecule has 8 heteroatoms. The van der Waals surface area contributed by atoms with E-state index in [1.807, 2.05) is 0 Å². The third kappa shape index (κ3) is 2.53. The number of halogens is 1. The molecule has 0 N–H and O–H groups in total. The number of piperidine rings is 1.